The van der Waals surface area contributed by atoms with Crippen LogP contribution in [0.3, 0.4) is 0 Å². The molecule has 33 heavy (non-hydrogen) atoms. The summed E-state index contributed by atoms with van der Waals surface area (Å²) < 4.78 is 16.7. The number of fused-ring (bicyclic) bond motifs is 1. The van der Waals surface area contributed by atoms with E-state index in [1.165, 1.54) is 12.1 Å². The van der Waals surface area contributed by atoms with Crippen molar-refractivity contribution in [2.24, 2.45) is 0 Å². The normalized spacial score (nSPS) is 25.3. The lowest BCUT2D eigenvalue weighted by atomic mass is 9.99. The molecule has 0 bridgehead atoms. The largest absolute Gasteiger partial charge is 0.507 e. The average Bonchev–Trinajstić information content (AvgIpc) is 2.77. The summed E-state index contributed by atoms with van der Waals surface area (Å²) in [6.07, 6.45) is -7.99. The van der Waals surface area contributed by atoms with Crippen molar-refractivity contribution in [2.45, 2.75) is 30.7 Å². The van der Waals surface area contributed by atoms with Gasteiger partial charge in [-0.15, -0.1) is 0 Å². The zero-order valence-electron chi connectivity index (χ0n) is 16.7. The molecule has 1 aromatic heterocycles. The first-order chi connectivity index (χ1) is 15.6. The number of aromatic hydroxyl groups is 5. The Morgan fingerprint density at radius 3 is 2.12 bits per heavy atom. The van der Waals surface area contributed by atoms with Crippen molar-refractivity contribution >= 4 is 11.0 Å². The first-order valence-electron chi connectivity index (χ1n) is 9.66. The number of aliphatic hydroxyl groups excluding tert-OH is 4. The molecule has 0 spiro atoms. The molecule has 1 aliphatic rings. The average molecular weight is 465 g/mol. The molecule has 2 heterocycles. The highest BCUT2D eigenvalue weighted by Crippen LogP contribution is 2.44. The van der Waals surface area contributed by atoms with Gasteiger partial charge in [0, 0.05) is 24.3 Å². The van der Waals surface area contributed by atoms with Crippen LogP contribution in [-0.2, 0) is 4.74 Å². The molecular formula is C21H21O12+. The summed E-state index contributed by atoms with van der Waals surface area (Å²) >= 11 is 0. The Balaban J connectivity index is 1.86. The van der Waals surface area contributed by atoms with E-state index >= 15 is 0 Å². The Morgan fingerprint density at radius 2 is 1.48 bits per heavy atom. The van der Waals surface area contributed by atoms with Gasteiger partial charge in [0.15, 0.2) is 17.2 Å². The van der Waals surface area contributed by atoms with E-state index in [1.54, 1.807) is 0 Å². The fraction of sp³-hybridized carbons (Fsp3) is 0.286. The van der Waals surface area contributed by atoms with E-state index in [-0.39, 0.29) is 33.8 Å². The van der Waals surface area contributed by atoms with Gasteiger partial charge in [0.05, 0.1) is 18.2 Å². The number of hydrogen-bond donors (Lipinski definition) is 9. The molecule has 0 saturated carbocycles. The molecule has 5 atom stereocenters. The smallest absolute Gasteiger partial charge is 0.402 e. The molecule has 3 aromatic rings. The third-order valence-electron chi connectivity index (χ3n) is 5.24. The Morgan fingerprint density at radius 1 is 0.818 bits per heavy atom. The van der Waals surface area contributed by atoms with Crippen LogP contribution in [0, 0.1) is 0 Å². The lowest BCUT2D eigenvalue weighted by Crippen LogP contribution is -2.60. The van der Waals surface area contributed by atoms with Gasteiger partial charge in [0.2, 0.25) is 12.0 Å². The van der Waals surface area contributed by atoms with E-state index in [1.807, 2.05) is 0 Å². The fourth-order valence-corrected chi connectivity index (χ4v) is 3.50. The summed E-state index contributed by atoms with van der Waals surface area (Å²) in [5, 5.41) is 89.2. The summed E-state index contributed by atoms with van der Waals surface area (Å²) in [5.41, 5.74) is -0.0529. The molecule has 1 aliphatic heterocycles. The van der Waals surface area contributed by atoms with Gasteiger partial charge in [-0.2, -0.15) is 0 Å². The molecule has 12 nitrogen and oxygen atoms in total. The number of aliphatic hydroxyl groups is 4. The second kappa shape index (κ2) is 8.42. The van der Waals surface area contributed by atoms with Gasteiger partial charge in [-0.05, 0) is 0 Å². The molecule has 4 rings (SSSR count). The lowest BCUT2D eigenvalue weighted by molar-refractivity contribution is -0.277. The quantitative estimate of drug-likeness (QED) is 0.185. The van der Waals surface area contributed by atoms with E-state index in [0.717, 1.165) is 18.2 Å². The molecule has 0 radical (unpaired) electrons. The van der Waals surface area contributed by atoms with Gasteiger partial charge in [0.1, 0.15) is 41.3 Å². The maximum atomic E-state index is 10.3. The molecule has 2 aromatic carbocycles. The van der Waals surface area contributed by atoms with Crippen molar-refractivity contribution < 1.29 is 59.8 Å². The Bertz CT molecular complexity index is 1170. The third kappa shape index (κ3) is 4.01. The first kappa shape index (κ1) is 22.6. The second-order valence-corrected chi connectivity index (χ2v) is 7.49. The summed E-state index contributed by atoms with van der Waals surface area (Å²) in [6.45, 7) is -0.695. The number of phenols is 5. The van der Waals surface area contributed by atoms with Crippen LogP contribution in [0.4, 0.5) is 0 Å². The maximum Gasteiger partial charge on any atom is 0.402 e. The Hall–Kier alpha value is -3.55. The van der Waals surface area contributed by atoms with E-state index in [4.69, 9.17) is 13.9 Å². The van der Waals surface area contributed by atoms with Crippen LogP contribution in [0.2, 0.25) is 0 Å². The van der Waals surface area contributed by atoms with E-state index in [0.29, 0.717) is 0 Å². The predicted molar refractivity (Wildman–Crippen MR) is 109 cm³/mol. The summed E-state index contributed by atoms with van der Waals surface area (Å²) in [5.74, 6) is -3.32. The third-order valence-corrected chi connectivity index (χ3v) is 5.24. The van der Waals surface area contributed by atoms with Crippen molar-refractivity contribution in [2.75, 3.05) is 6.61 Å². The maximum absolute atomic E-state index is 10.3. The number of ether oxygens (including phenoxy) is 2. The van der Waals surface area contributed by atoms with Gasteiger partial charge in [-0.3, -0.25) is 0 Å². The van der Waals surface area contributed by atoms with Gasteiger partial charge < -0.3 is 55.4 Å². The zero-order valence-corrected chi connectivity index (χ0v) is 16.7. The minimum Gasteiger partial charge on any atom is -0.507 e. The monoisotopic (exact) mass is 465 g/mol. The highest BCUT2D eigenvalue weighted by atomic mass is 16.7. The standard InChI is InChI=1S/C21H20O12/c22-6-15-17(28)18(29)19(30)21(33-15)32-14-5-9-10(24)3-8(23)4-13(9)31-20(14)7-1-11(25)16(27)12(26)2-7/h1-5,15,17-19,21-22,28-30H,6H2,(H4-,23,24,25,26,27)/p+1/t15-,17+,18+,19-,21-/m1/s1. The number of rotatable bonds is 4. The molecule has 1 fully saturated rings. The molecule has 9 N–H and O–H groups in total. The summed E-state index contributed by atoms with van der Waals surface area (Å²) in [7, 11) is 0. The zero-order chi connectivity index (χ0) is 24.0. The second-order valence-electron chi connectivity index (χ2n) is 7.49. The van der Waals surface area contributed by atoms with E-state index < -0.39 is 60.3 Å². The van der Waals surface area contributed by atoms with Gasteiger partial charge in [-0.25, -0.2) is 4.42 Å². The predicted octanol–water partition coefficient (Wildman–Crippen LogP) is 0.0876. The molecule has 176 valence electrons. The van der Waals surface area contributed by atoms with Crippen LogP contribution in [0.25, 0.3) is 22.3 Å². The van der Waals surface area contributed by atoms with Gasteiger partial charge in [0.25, 0.3) is 0 Å². The summed E-state index contributed by atoms with van der Waals surface area (Å²) in [6, 6.07) is 5.51. The van der Waals surface area contributed by atoms with Crippen LogP contribution < -0.4 is 4.74 Å². The number of hydrogen-bond acceptors (Lipinski definition) is 11. The minimum atomic E-state index is -1.76. The number of phenolic OH excluding ortho intramolecular Hbond substituents is 5. The fourth-order valence-electron chi connectivity index (χ4n) is 3.50. The van der Waals surface area contributed by atoms with Crippen LogP contribution in [-0.4, -0.2) is 83.3 Å². The van der Waals surface area contributed by atoms with Crippen molar-refractivity contribution in [1.82, 2.24) is 0 Å². The van der Waals surface area contributed by atoms with Crippen molar-refractivity contribution in [3.8, 4) is 45.8 Å². The molecule has 1 saturated heterocycles. The van der Waals surface area contributed by atoms with Crippen LogP contribution >= 0.6 is 0 Å². The molecule has 0 unspecified atom stereocenters. The van der Waals surface area contributed by atoms with E-state index in [9.17, 15) is 46.0 Å². The number of benzene rings is 2. The topological polar surface area (TPSA) is 212 Å². The van der Waals surface area contributed by atoms with Crippen LogP contribution in [0.15, 0.2) is 34.7 Å². The Labute approximate surface area is 185 Å². The highest BCUT2D eigenvalue weighted by molar-refractivity contribution is 5.88. The Kier molecular flexibility index (Phi) is 5.78. The summed E-state index contributed by atoms with van der Waals surface area (Å²) in [4.78, 5) is 0. The molecule has 0 amide bonds. The van der Waals surface area contributed by atoms with Crippen LogP contribution in [0.1, 0.15) is 0 Å². The van der Waals surface area contributed by atoms with Gasteiger partial charge in [-0.1, -0.05) is 0 Å². The molecular weight excluding hydrogens is 444 g/mol. The lowest BCUT2D eigenvalue weighted by Gasteiger charge is -2.39. The minimum absolute atomic E-state index is 0.0212. The highest BCUT2D eigenvalue weighted by Gasteiger charge is 2.45. The molecule has 0 aliphatic carbocycles. The van der Waals surface area contributed by atoms with Gasteiger partial charge >= 0.3 is 11.3 Å². The SMILES string of the molecule is OC[C@H]1O[C@@H](Oc2cc3c(O)cc(O)cc3[o+]c2-c2cc(O)c(O)c(O)c2)[C@H](O)[C@@H](O)[C@H]1O. The van der Waals surface area contributed by atoms with Crippen molar-refractivity contribution in [1.29, 1.82) is 0 Å². The first-order valence-corrected chi connectivity index (χ1v) is 9.66. The van der Waals surface area contributed by atoms with E-state index in [2.05, 4.69) is 0 Å². The van der Waals surface area contributed by atoms with Crippen LogP contribution in [0.5, 0.6) is 34.5 Å². The molecule has 12 heteroatoms. The van der Waals surface area contributed by atoms with Crippen molar-refractivity contribution in [3.63, 3.8) is 0 Å². The van der Waals surface area contributed by atoms with Crippen molar-refractivity contribution in [3.05, 3.63) is 30.3 Å².